The van der Waals surface area contributed by atoms with Crippen LogP contribution in [0.3, 0.4) is 0 Å². The van der Waals surface area contributed by atoms with E-state index in [2.05, 4.69) is 49.9 Å². The van der Waals surface area contributed by atoms with Crippen LogP contribution in [0.2, 0.25) is 0 Å². The molecule has 0 radical (unpaired) electrons. The van der Waals surface area contributed by atoms with Gasteiger partial charge >= 0.3 is 0 Å². The Kier molecular flexibility index (Phi) is 5.03. The summed E-state index contributed by atoms with van der Waals surface area (Å²) in [5.41, 5.74) is 0. The van der Waals surface area contributed by atoms with Gasteiger partial charge in [0.2, 0.25) is 0 Å². The molecule has 3 heteroatoms. The normalized spacial score (nSPS) is 31.8. The van der Waals surface area contributed by atoms with Gasteiger partial charge in [0.05, 0.1) is 0 Å². The number of nitrogens with zero attached hydrogens (tertiary/aromatic N) is 2. The molecule has 1 saturated heterocycles. The second-order valence-electron chi connectivity index (χ2n) is 5.04. The summed E-state index contributed by atoms with van der Waals surface area (Å²) in [6.07, 6.45) is 0. The predicted molar refractivity (Wildman–Crippen MR) is 66.3 cm³/mol. The van der Waals surface area contributed by atoms with E-state index in [9.17, 15) is 0 Å². The Morgan fingerprint density at radius 2 is 1.80 bits per heavy atom. The van der Waals surface area contributed by atoms with E-state index in [1.165, 1.54) is 19.6 Å². The van der Waals surface area contributed by atoms with Crippen molar-refractivity contribution in [3.8, 4) is 0 Å². The Bertz CT molecular complexity index is 172. The van der Waals surface area contributed by atoms with Crippen LogP contribution in [0.5, 0.6) is 0 Å². The molecule has 0 spiro atoms. The fourth-order valence-electron chi connectivity index (χ4n) is 2.46. The van der Waals surface area contributed by atoms with E-state index in [1.807, 2.05) is 0 Å². The van der Waals surface area contributed by atoms with Crippen LogP contribution in [0.4, 0.5) is 0 Å². The molecule has 90 valence electrons. The van der Waals surface area contributed by atoms with Gasteiger partial charge in [0, 0.05) is 37.8 Å². The van der Waals surface area contributed by atoms with Crippen molar-refractivity contribution in [3.05, 3.63) is 0 Å². The summed E-state index contributed by atoms with van der Waals surface area (Å²) in [7, 11) is 2.24. The predicted octanol–water partition coefficient (Wildman–Crippen LogP) is 1.01. The molecule has 0 amide bonds. The molecule has 1 N–H and O–H groups in total. The van der Waals surface area contributed by atoms with Gasteiger partial charge < -0.3 is 5.32 Å². The molecule has 15 heavy (non-hydrogen) atoms. The van der Waals surface area contributed by atoms with Crippen molar-refractivity contribution in [2.24, 2.45) is 0 Å². The van der Waals surface area contributed by atoms with Gasteiger partial charge in [-0.05, 0) is 34.4 Å². The van der Waals surface area contributed by atoms with E-state index in [1.54, 1.807) is 0 Å². The third-order valence-corrected chi connectivity index (χ3v) is 3.52. The third-order valence-electron chi connectivity index (χ3n) is 3.52. The highest BCUT2D eigenvalue weighted by molar-refractivity contribution is 4.84. The van der Waals surface area contributed by atoms with Crippen LogP contribution in [0, 0.1) is 0 Å². The van der Waals surface area contributed by atoms with Gasteiger partial charge in [-0.15, -0.1) is 0 Å². The molecular formula is C12H27N3. The third kappa shape index (κ3) is 3.74. The van der Waals surface area contributed by atoms with Gasteiger partial charge in [-0.25, -0.2) is 0 Å². The second kappa shape index (κ2) is 5.83. The summed E-state index contributed by atoms with van der Waals surface area (Å²) < 4.78 is 0. The van der Waals surface area contributed by atoms with E-state index < -0.39 is 0 Å². The Hall–Kier alpha value is -0.120. The fourth-order valence-corrected chi connectivity index (χ4v) is 2.46. The average Bonchev–Trinajstić information content (AvgIpc) is 2.14. The number of hydrogen-bond donors (Lipinski definition) is 1. The Balaban J connectivity index is 2.37. The maximum atomic E-state index is 3.48. The topological polar surface area (TPSA) is 18.5 Å². The van der Waals surface area contributed by atoms with Crippen molar-refractivity contribution < 1.29 is 0 Å². The molecule has 0 saturated carbocycles. The van der Waals surface area contributed by atoms with E-state index >= 15 is 0 Å². The maximum absolute atomic E-state index is 3.48. The average molecular weight is 213 g/mol. The zero-order valence-electron chi connectivity index (χ0n) is 11.0. The van der Waals surface area contributed by atoms with Crippen LogP contribution in [0.15, 0.2) is 0 Å². The summed E-state index contributed by atoms with van der Waals surface area (Å²) in [6.45, 7) is 13.7. The Morgan fingerprint density at radius 1 is 1.27 bits per heavy atom. The Labute approximate surface area is 94.8 Å². The van der Waals surface area contributed by atoms with Crippen molar-refractivity contribution >= 4 is 0 Å². The summed E-state index contributed by atoms with van der Waals surface area (Å²) in [6, 6.07) is 1.97. The summed E-state index contributed by atoms with van der Waals surface area (Å²) >= 11 is 0. The van der Waals surface area contributed by atoms with Crippen molar-refractivity contribution in [2.75, 3.05) is 33.2 Å². The van der Waals surface area contributed by atoms with E-state index in [0.717, 1.165) is 6.54 Å². The van der Waals surface area contributed by atoms with E-state index in [4.69, 9.17) is 0 Å². The number of rotatable bonds is 4. The first kappa shape index (κ1) is 12.9. The Morgan fingerprint density at radius 3 is 2.27 bits per heavy atom. The lowest BCUT2D eigenvalue weighted by Crippen LogP contribution is -2.56. The smallest absolute Gasteiger partial charge is 0.0195 e. The maximum Gasteiger partial charge on any atom is 0.0195 e. The van der Waals surface area contributed by atoms with E-state index in [0.29, 0.717) is 18.1 Å². The van der Waals surface area contributed by atoms with Gasteiger partial charge in [0.25, 0.3) is 0 Å². The fraction of sp³-hybridized carbons (Fsp3) is 1.00. The number of piperazine rings is 1. The summed E-state index contributed by atoms with van der Waals surface area (Å²) in [5, 5.41) is 3.48. The van der Waals surface area contributed by atoms with Crippen LogP contribution in [0.25, 0.3) is 0 Å². The van der Waals surface area contributed by atoms with Gasteiger partial charge in [-0.2, -0.15) is 0 Å². The largest absolute Gasteiger partial charge is 0.313 e. The summed E-state index contributed by atoms with van der Waals surface area (Å²) in [5.74, 6) is 0. The van der Waals surface area contributed by atoms with Crippen molar-refractivity contribution in [2.45, 2.75) is 45.8 Å². The molecule has 3 unspecified atom stereocenters. The first-order valence-corrected chi connectivity index (χ1v) is 6.22. The lowest BCUT2D eigenvalue weighted by Gasteiger charge is -2.43. The standard InChI is InChI=1S/C12H27N3/c1-6-13-10(2)7-15-8-11(3)14(5)12(4)9-15/h10-13H,6-9H2,1-5H3. The van der Waals surface area contributed by atoms with Gasteiger partial charge in [0.15, 0.2) is 0 Å². The van der Waals surface area contributed by atoms with Crippen LogP contribution in [0.1, 0.15) is 27.7 Å². The van der Waals surface area contributed by atoms with Gasteiger partial charge in [-0.3, -0.25) is 9.80 Å². The molecule has 3 atom stereocenters. The molecular weight excluding hydrogens is 186 g/mol. The zero-order valence-corrected chi connectivity index (χ0v) is 11.0. The molecule has 0 aromatic carbocycles. The molecule has 1 aliphatic heterocycles. The molecule has 0 aromatic rings. The van der Waals surface area contributed by atoms with Crippen LogP contribution in [-0.2, 0) is 0 Å². The van der Waals surface area contributed by atoms with Gasteiger partial charge in [-0.1, -0.05) is 6.92 Å². The van der Waals surface area contributed by atoms with Crippen LogP contribution < -0.4 is 5.32 Å². The zero-order chi connectivity index (χ0) is 11.4. The van der Waals surface area contributed by atoms with Crippen molar-refractivity contribution in [1.82, 2.24) is 15.1 Å². The highest BCUT2D eigenvalue weighted by atomic mass is 15.3. The first-order valence-electron chi connectivity index (χ1n) is 6.22. The molecule has 1 aliphatic rings. The number of hydrogen-bond acceptors (Lipinski definition) is 3. The van der Waals surface area contributed by atoms with Crippen molar-refractivity contribution in [1.29, 1.82) is 0 Å². The van der Waals surface area contributed by atoms with Crippen LogP contribution >= 0.6 is 0 Å². The highest BCUT2D eigenvalue weighted by Gasteiger charge is 2.26. The lowest BCUT2D eigenvalue weighted by atomic mass is 10.1. The first-order chi connectivity index (χ1) is 7.04. The summed E-state index contributed by atoms with van der Waals surface area (Å²) in [4.78, 5) is 5.07. The van der Waals surface area contributed by atoms with Crippen LogP contribution in [-0.4, -0.2) is 61.2 Å². The monoisotopic (exact) mass is 213 g/mol. The SMILES string of the molecule is CCNC(C)CN1CC(C)N(C)C(C)C1. The molecule has 1 heterocycles. The minimum Gasteiger partial charge on any atom is -0.313 e. The van der Waals surface area contributed by atoms with Crippen molar-refractivity contribution in [3.63, 3.8) is 0 Å². The molecule has 1 rings (SSSR count). The second-order valence-corrected chi connectivity index (χ2v) is 5.04. The molecule has 0 aliphatic carbocycles. The molecule has 3 nitrogen and oxygen atoms in total. The minimum atomic E-state index is 0.609. The number of nitrogens with one attached hydrogen (secondary N) is 1. The quantitative estimate of drug-likeness (QED) is 0.752. The minimum absolute atomic E-state index is 0.609. The number of likely N-dealkylation sites (N-methyl/N-ethyl adjacent to an activating group) is 2. The highest BCUT2D eigenvalue weighted by Crippen LogP contribution is 2.13. The van der Waals surface area contributed by atoms with Gasteiger partial charge in [0.1, 0.15) is 0 Å². The molecule has 0 bridgehead atoms. The molecule has 0 aromatic heterocycles. The lowest BCUT2D eigenvalue weighted by molar-refractivity contribution is 0.0556. The molecule has 1 fully saturated rings. The van der Waals surface area contributed by atoms with E-state index in [-0.39, 0.29) is 0 Å².